The Morgan fingerprint density at radius 2 is 1.84 bits per heavy atom. The number of benzene rings is 1. The first-order valence-electron chi connectivity index (χ1n) is 7.19. The molecule has 0 saturated carbocycles. The van der Waals surface area contributed by atoms with Crippen LogP contribution in [0.15, 0.2) is 18.2 Å². The minimum Gasteiger partial charge on any atom is -0.486 e. The summed E-state index contributed by atoms with van der Waals surface area (Å²) in [5.41, 5.74) is 7.22. The van der Waals surface area contributed by atoms with Crippen molar-refractivity contribution in [1.29, 1.82) is 0 Å². The Labute approximate surface area is 114 Å². The summed E-state index contributed by atoms with van der Waals surface area (Å²) in [4.78, 5) is 2.51. The minimum absolute atomic E-state index is 0.449. The van der Waals surface area contributed by atoms with Crippen molar-refractivity contribution >= 4 is 0 Å². The summed E-state index contributed by atoms with van der Waals surface area (Å²) < 4.78 is 11.2. The molecule has 0 radical (unpaired) electrons. The molecule has 0 bridgehead atoms. The summed E-state index contributed by atoms with van der Waals surface area (Å²) in [6, 6.07) is 6.70. The number of rotatable bonds is 4. The molecule has 0 aliphatic carbocycles. The van der Waals surface area contributed by atoms with Gasteiger partial charge in [0.2, 0.25) is 0 Å². The highest BCUT2D eigenvalue weighted by atomic mass is 16.6. The van der Waals surface area contributed by atoms with Crippen molar-refractivity contribution in [3.05, 3.63) is 23.8 Å². The van der Waals surface area contributed by atoms with Gasteiger partial charge in [0.05, 0.1) is 0 Å². The van der Waals surface area contributed by atoms with Gasteiger partial charge in [0.15, 0.2) is 11.5 Å². The van der Waals surface area contributed by atoms with E-state index < -0.39 is 0 Å². The number of nitrogens with two attached hydrogens (primary N) is 1. The Balaban J connectivity index is 1.71. The number of hydrogen-bond acceptors (Lipinski definition) is 4. The van der Waals surface area contributed by atoms with Crippen LogP contribution in [-0.2, 0) is 6.42 Å². The Morgan fingerprint density at radius 1 is 1.11 bits per heavy atom. The van der Waals surface area contributed by atoms with E-state index in [0.717, 1.165) is 17.9 Å². The van der Waals surface area contributed by atoms with Crippen LogP contribution >= 0.6 is 0 Å². The van der Waals surface area contributed by atoms with Crippen LogP contribution < -0.4 is 15.2 Å². The van der Waals surface area contributed by atoms with Crippen molar-refractivity contribution in [3.63, 3.8) is 0 Å². The second kappa shape index (κ2) is 5.80. The minimum atomic E-state index is 0.449. The van der Waals surface area contributed by atoms with Crippen LogP contribution in [-0.4, -0.2) is 43.8 Å². The molecule has 4 nitrogen and oxygen atoms in total. The van der Waals surface area contributed by atoms with Gasteiger partial charge in [-0.15, -0.1) is 0 Å². The molecule has 2 aliphatic heterocycles. The maximum Gasteiger partial charge on any atom is 0.161 e. The first-order valence-corrected chi connectivity index (χ1v) is 7.19. The Bertz CT molecular complexity index is 430. The highest BCUT2D eigenvalue weighted by Crippen LogP contribution is 2.31. The summed E-state index contributed by atoms with van der Waals surface area (Å²) in [5.74, 6) is 1.74. The third-order valence-electron chi connectivity index (χ3n) is 4.01. The quantitative estimate of drug-likeness (QED) is 0.891. The molecule has 1 atom stereocenters. The highest BCUT2D eigenvalue weighted by molar-refractivity contribution is 5.44. The van der Waals surface area contributed by atoms with Crippen LogP contribution in [0.1, 0.15) is 18.4 Å². The number of hydrogen-bond donors (Lipinski definition) is 1. The molecule has 4 heteroatoms. The van der Waals surface area contributed by atoms with E-state index in [2.05, 4.69) is 17.0 Å². The Hall–Kier alpha value is -1.26. The molecule has 1 unspecified atom stereocenters. The molecule has 2 N–H and O–H groups in total. The monoisotopic (exact) mass is 262 g/mol. The zero-order valence-electron chi connectivity index (χ0n) is 11.3. The zero-order chi connectivity index (χ0) is 13.1. The van der Waals surface area contributed by atoms with Gasteiger partial charge in [-0.05, 0) is 50.0 Å². The van der Waals surface area contributed by atoms with Crippen molar-refractivity contribution < 1.29 is 9.47 Å². The van der Waals surface area contributed by atoms with Crippen LogP contribution in [0.3, 0.4) is 0 Å². The van der Waals surface area contributed by atoms with Crippen LogP contribution in [0.25, 0.3) is 0 Å². The molecular formula is C15H22N2O2. The molecule has 0 spiro atoms. The van der Waals surface area contributed by atoms with Gasteiger partial charge in [0.1, 0.15) is 13.2 Å². The number of ether oxygens (including phenoxy) is 2. The maximum atomic E-state index is 5.94. The van der Waals surface area contributed by atoms with Crippen LogP contribution in [0.2, 0.25) is 0 Å². The lowest BCUT2D eigenvalue weighted by Crippen LogP contribution is -2.40. The second-order valence-corrected chi connectivity index (χ2v) is 5.31. The van der Waals surface area contributed by atoms with Gasteiger partial charge in [-0.25, -0.2) is 0 Å². The molecule has 1 saturated heterocycles. The summed E-state index contributed by atoms with van der Waals surface area (Å²) in [6.45, 7) is 4.38. The molecule has 1 aromatic carbocycles. The van der Waals surface area contributed by atoms with Gasteiger partial charge in [-0.2, -0.15) is 0 Å². The SMILES string of the molecule is NCC(Cc1ccc2c(c1)OCCO2)N1CCCC1. The van der Waals surface area contributed by atoms with E-state index in [4.69, 9.17) is 15.2 Å². The second-order valence-electron chi connectivity index (χ2n) is 5.31. The summed E-state index contributed by atoms with van der Waals surface area (Å²) in [7, 11) is 0. The smallest absolute Gasteiger partial charge is 0.161 e. The van der Waals surface area contributed by atoms with Crippen molar-refractivity contribution in [2.24, 2.45) is 5.73 Å². The third kappa shape index (κ3) is 2.85. The van der Waals surface area contributed by atoms with Gasteiger partial charge in [-0.3, -0.25) is 4.90 Å². The average Bonchev–Trinajstić information content (AvgIpc) is 2.98. The van der Waals surface area contributed by atoms with E-state index in [1.807, 2.05) is 6.07 Å². The molecule has 1 fully saturated rings. The number of nitrogens with zero attached hydrogens (tertiary/aromatic N) is 1. The van der Waals surface area contributed by atoms with E-state index in [-0.39, 0.29) is 0 Å². The molecular weight excluding hydrogens is 240 g/mol. The average molecular weight is 262 g/mol. The third-order valence-corrected chi connectivity index (χ3v) is 4.01. The molecule has 1 aromatic rings. The lowest BCUT2D eigenvalue weighted by atomic mass is 10.0. The maximum absolute atomic E-state index is 5.94. The van der Waals surface area contributed by atoms with Gasteiger partial charge >= 0.3 is 0 Å². The van der Waals surface area contributed by atoms with Crippen molar-refractivity contribution in [1.82, 2.24) is 4.90 Å². The molecule has 0 aromatic heterocycles. The van der Waals surface area contributed by atoms with Crippen molar-refractivity contribution in [3.8, 4) is 11.5 Å². The van der Waals surface area contributed by atoms with Crippen molar-refractivity contribution in [2.75, 3.05) is 32.8 Å². The van der Waals surface area contributed by atoms with E-state index in [9.17, 15) is 0 Å². The molecule has 3 rings (SSSR count). The van der Waals surface area contributed by atoms with Gasteiger partial charge in [0, 0.05) is 12.6 Å². The van der Waals surface area contributed by atoms with Crippen LogP contribution in [0, 0.1) is 0 Å². The fraction of sp³-hybridized carbons (Fsp3) is 0.600. The highest BCUT2D eigenvalue weighted by Gasteiger charge is 2.21. The predicted octanol–water partition coefficient (Wildman–Crippen LogP) is 1.42. The number of fused-ring (bicyclic) bond motifs is 1. The van der Waals surface area contributed by atoms with Crippen molar-refractivity contribution in [2.45, 2.75) is 25.3 Å². The van der Waals surface area contributed by atoms with E-state index in [1.54, 1.807) is 0 Å². The first kappa shape index (κ1) is 12.8. The topological polar surface area (TPSA) is 47.7 Å². The number of likely N-dealkylation sites (tertiary alicyclic amines) is 1. The predicted molar refractivity (Wildman–Crippen MR) is 74.8 cm³/mol. The fourth-order valence-electron chi connectivity index (χ4n) is 2.96. The summed E-state index contributed by atoms with van der Waals surface area (Å²) in [6.07, 6.45) is 3.60. The van der Waals surface area contributed by atoms with E-state index in [1.165, 1.54) is 31.5 Å². The lowest BCUT2D eigenvalue weighted by molar-refractivity contribution is 0.171. The van der Waals surface area contributed by atoms with Crippen LogP contribution in [0.5, 0.6) is 11.5 Å². The summed E-state index contributed by atoms with van der Waals surface area (Å²) >= 11 is 0. The first-order chi connectivity index (χ1) is 9.36. The molecule has 2 heterocycles. The zero-order valence-corrected chi connectivity index (χ0v) is 11.3. The lowest BCUT2D eigenvalue weighted by Gasteiger charge is -2.27. The van der Waals surface area contributed by atoms with Crippen LogP contribution in [0.4, 0.5) is 0 Å². The largest absolute Gasteiger partial charge is 0.486 e. The Kier molecular flexibility index (Phi) is 3.89. The van der Waals surface area contributed by atoms with E-state index >= 15 is 0 Å². The van der Waals surface area contributed by atoms with Gasteiger partial charge < -0.3 is 15.2 Å². The molecule has 104 valence electrons. The Morgan fingerprint density at radius 3 is 2.58 bits per heavy atom. The molecule has 19 heavy (non-hydrogen) atoms. The standard InChI is InChI=1S/C15H22N2O2/c16-11-13(17-5-1-2-6-17)9-12-3-4-14-15(10-12)19-8-7-18-14/h3-4,10,13H,1-2,5-9,11,16H2. The van der Waals surface area contributed by atoms with Gasteiger partial charge in [0.25, 0.3) is 0 Å². The summed E-state index contributed by atoms with van der Waals surface area (Å²) in [5, 5.41) is 0. The van der Waals surface area contributed by atoms with Gasteiger partial charge in [-0.1, -0.05) is 6.07 Å². The molecule has 2 aliphatic rings. The normalized spacial score (nSPS) is 20.5. The van der Waals surface area contributed by atoms with E-state index in [0.29, 0.717) is 25.8 Å². The molecule has 0 amide bonds. The fourth-order valence-corrected chi connectivity index (χ4v) is 2.96.